The molecule has 0 radical (unpaired) electrons. The van der Waals surface area contributed by atoms with Gasteiger partial charge in [0.1, 0.15) is 5.69 Å². The Morgan fingerprint density at radius 3 is 2.53 bits per heavy atom. The smallest absolute Gasteiger partial charge is 0.188 e. The fourth-order valence-electron chi connectivity index (χ4n) is 1.42. The van der Waals surface area contributed by atoms with E-state index >= 15 is 0 Å². The maximum atomic E-state index is 8.92. The third-order valence-corrected chi connectivity index (χ3v) is 2.22. The molecule has 94 valence electrons. The first kappa shape index (κ1) is 13.2. The number of aromatic nitrogens is 1. The third kappa shape index (κ3) is 3.58. The van der Waals surface area contributed by atoms with Crippen molar-refractivity contribution >= 4 is 11.5 Å². The van der Waals surface area contributed by atoms with Crippen LogP contribution in [0.5, 0.6) is 0 Å². The van der Waals surface area contributed by atoms with Crippen molar-refractivity contribution in [2.75, 3.05) is 31.2 Å². The van der Waals surface area contributed by atoms with Gasteiger partial charge < -0.3 is 26.1 Å². The van der Waals surface area contributed by atoms with Crippen molar-refractivity contribution in [2.45, 2.75) is 0 Å². The largest absolute Gasteiger partial charge is 0.409 e. The number of rotatable bonds is 6. The minimum atomic E-state index is -0.0835. The summed E-state index contributed by atoms with van der Waals surface area (Å²) in [6.45, 7) is 0.725. The van der Waals surface area contributed by atoms with E-state index in [4.69, 9.17) is 21.2 Å². The summed E-state index contributed by atoms with van der Waals surface area (Å²) in [5.74, 6) is -0.0835. The summed E-state index contributed by atoms with van der Waals surface area (Å²) >= 11 is 0. The number of amidine groups is 1. The van der Waals surface area contributed by atoms with Crippen molar-refractivity contribution < 1.29 is 15.4 Å². The van der Waals surface area contributed by atoms with Crippen molar-refractivity contribution in [2.24, 2.45) is 10.9 Å². The lowest BCUT2D eigenvalue weighted by Crippen LogP contribution is -2.30. The Kier molecular flexibility index (Phi) is 5.18. The molecule has 1 heterocycles. The van der Waals surface area contributed by atoms with Gasteiger partial charge in [0, 0.05) is 25.0 Å². The van der Waals surface area contributed by atoms with E-state index in [0.29, 0.717) is 18.8 Å². The zero-order chi connectivity index (χ0) is 12.7. The minimum Gasteiger partial charge on any atom is -0.409 e. The van der Waals surface area contributed by atoms with Crippen LogP contribution in [0.4, 0.5) is 5.69 Å². The van der Waals surface area contributed by atoms with Crippen molar-refractivity contribution in [3.8, 4) is 0 Å². The van der Waals surface area contributed by atoms with Crippen LogP contribution in [0.1, 0.15) is 5.69 Å². The van der Waals surface area contributed by atoms with Crippen LogP contribution in [-0.2, 0) is 0 Å². The fourth-order valence-corrected chi connectivity index (χ4v) is 1.42. The van der Waals surface area contributed by atoms with Crippen LogP contribution in [-0.4, -0.2) is 52.5 Å². The van der Waals surface area contributed by atoms with Gasteiger partial charge in [0.2, 0.25) is 0 Å². The van der Waals surface area contributed by atoms with Crippen LogP contribution in [0, 0.1) is 0 Å². The van der Waals surface area contributed by atoms with Gasteiger partial charge in [-0.1, -0.05) is 5.16 Å². The van der Waals surface area contributed by atoms with Gasteiger partial charge in [-0.3, -0.25) is 4.98 Å². The Balaban J connectivity index is 2.95. The summed E-state index contributed by atoms with van der Waals surface area (Å²) in [6, 6.07) is 3.35. The summed E-state index contributed by atoms with van der Waals surface area (Å²) in [5.41, 5.74) is 6.51. The highest BCUT2D eigenvalue weighted by atomic mass is 16.4. The number of pyridine rings is 1. The first-order valence-corrected chi connectivity index (χ1v) is 5.13. The Labute approximate surface area is 98.8 Å². The predicted molar refractivity (Wildman–Crippen MR) is 63.1 cm³/mol. The van der Waals surface area contributed by atoms with E-state index < -0.39 is 0 Å². The predicted octanol–water partition coefficient (Wildman–Crippen LogP) is -1.03. The molecule has 0 atom stereocenters. The highest BCUT2D eigenvalue weighted by Crippen LogP contribution is 2.13. The molecule has 0 amide bonds. The Bertz CT molecular complexity index is 378. The van der Waals surface area contributed by atoms with E-state index in [1.807, 2.05) is 0 Å². The molecule has 7 nitrogen and oxygen atoms in total. The molecule has 0 unspecified atom stereocenters. The maximum Gasteiger partial charge on any atom is 0.188 e. The summed E-state index contributed by atoms with van der Waals surface area (Å²) in [5, 5.41) is 29.3. The second-order valence-corrected chi connectivity index (χ2v) is 3.32. The Morgan fingerprint density at radius 1 is 1.35 bits per heavy atom. The van der Waals surface area contributed by atoms with E-state index in [1.165, 1.54) is 6.20 Å². The van der Waals surface area contributed by atoms with E-state index in [0.717, 1.165) is 5.69 Å². The van der Waals surface area contributed by atoms with Crippen molar-refractivity contribution in [3.05, 3.63) is 24.0 Å². The molecule has 0 fully saturated rings. The highest BCUT2D eigenvalue weighted by molar-refractivity contribution is 5.95. The molecule has 0 saturated heterocycles. The van der Waals surface area contributed by atoms with Crippen LogP contribution >= 0.6 is 0 Å². The Morgan fingerprint density at radius 2 is 2.00 bits per heavy atom. The lowest BCUT2D eigenvalue weighted by Gasteiger charge is -2.23. The first-order valence-electron chi connectivity index (χ1n) is 5.13. The maximum absolute atomic E-state index is 8.92. The number of aliphatic hydroxyl groups excluding tert-OH is 2. The normalized spacial score (nSPS) is 11.5. The van der Waals surface area contributed by atoms with E-state index in [1.54, 1.807) is 17.0 Å². The molecular formula is C10H16N4O3. The van der Waals surface area contributed by atoms with Crippen LogP contribution in [0.25, 0.3) is 0 Å². The molecule has 1 rings (SSSR count). The molecule has 7 heteroatoms. The molecule has 1 aromatic rings. The SMILES string of the molecule is NC(=NO)c1cc(N(CCO)CCO)ccn1. The number of nitrogens with zero attached hydrogens (tertiary/aromatic N) is 3. The summed E-state index contributed by atoms with van der Waals surface area (Å²) in [4.78, 5) is 5.72. The summed E-state index contributed by atoms with van der Waals surface area (Å²) in [6.07, 6.45) is 1.52. The average molecular weight is 240 g/mol. The monoisotopic (exact) mass is 240 g/mol. The van der Waals surface area contributed by atoms with Crippen molar-refractivity contribution in [1.82, 2.24) is 4.98 Å². The lowest BCUT2D eigenvalue weighted by atomic mass is 10.2. The fraction of sp³-hybridized carbons (Fsp3) is 0.400. The van der Waals surface area contributed by atoms with Gasteiger partial charge >= 0.3 is 0 Å². The molecule has 1 aromatic heterocycles. The van der Waals surface area contributed by atoms with Gasteiger partial charge in [-0.05, 0) is 12.1 Å². The molecule has 0 aliphatic heterocycles. The van der Waals surface area contributed by atoms with Crippen molar-refractivity contribution in [1.29, 1.82) is 0 Å². The van der Waals surface area contributed by atoms with Gasteiger partial charge in [0.15, 0.2) is 5.84 Å². The molecule has 0 saturated carbocycles. The second kappa shape index (κ2) is 6.66. The summed E-state index contributed by atoms with van der Waals surface area (Å²) < 4.78 is 0. The van der Waals surface area contributed by atoms with Gasteiger partial charge in [-0.2, -0.15) is 0 Å². The van der Waals surface area contributed by atoms with E-state index in [-0.39, 0.29) is 19.0 Å². The molecule has 0 aliphatic carbocycles. The number of hydrogen-bond acceptors (Lipinski definition) is 6. The zero-order valence-electron chi connectivity index (χ0n) is 9.32. The van der Waals surface area contributed by atoms with Gasteiger partial charge in [-0.15, -0.1) is 0 Å². The molecular weight excluding hydrogens is 224 g/mol. The first-order chi connectivity index (χ1) is 8.22. The molecule has 0 aliphatic rings. The zero-order valence-corrected chi connectivity index (χ0v) is 9.32. The van der Waals surface area contributed by atoms with E-state index in [2.05, 4.69) is 10.1 Å². The van der Waals surface area contributed by atoms with Gasteiger partial charge in [0.05, 0.1) is 13.2 Å². The molecule has 17 heavy (non-hydrogen) atoms. The standard InChI is InChI=1S/C10H16N4O3/c11-10(13-17)9-7-8(1-2-12-9)14(3-5-15)4-6-16/h1-2,7,15-17H,3-6H2,(H2,11,13). The van der Waals surface area contributed by atoms with Gasteiger partial charge in [-0.25, -0.2) is 0 Å². The number of nitrogens with two attached hydrogens (primary N) is 1. The van der Waals surface area contributed by atoms with Crippen molar-refractivity contribution in [3.63, 3.8) is 0 Å². The number of aliphatic hydroxyl groups is 2. The number of oxime groups is 1. The topological polar surface area (TPSA) is 115 Å². The number of anilines is 1. The number of hydrogen-bond donors (Lipinski definition) is 4. The van der Waals surface area contributed by atoms with Crippen LogP contribution in [0.3, 0.4) is 0 Å². The second-order valence-electron chi connectivity index (χ2n) is 3.32. The average Bonchev–Trinajstić information content (AvgIpc) is 2.37. The highest BCUT2D eigenvalue weighted by Gasteiger charge is 2.08. The third-order valence-electron chi connectivity index (χ3n) is 2.22. The van der Waals surface area contributed by atoms with Crippen LogP contribution < -0.4 is 10.6 Å². The quantitative estimate of drug-likeness (QED) is 0.219. The molecule has 5 N–H and O–H groups in total. The van der Waals surface area contributed by atoms with Crippen LogP contribution in [0.2, 0.25) is 0 Å². The minimum absolute atomic E-state index is 0.0266. The van der Waals surface area contributed by atoms with Crippen LogP contribution in [0.15, 0.2) is 23.5 Å². The molecule has 0 spiro atoms. The lowest BCUT2D eigenvalue weighted by molar-refractivity contribution is 0.281. The van der Waals surface area contributed by atoms with E-state index in [9.17, 15) is 0 Å². The molecule has 0 aromatic carbocycles. The molecule has 0 bridgehead atoms. The van der Waals surface area contributed by atoms with Gasteiger partial charge in [0.25, 0.3) is 0 Å². The summed E-state index contributed by atoms with van der Waals surface area (Å²) in [7, 11) is 0. The Hall–Kier alpha value is -1.86.